The fourth-order valence-corrected chi connectivity index (χ4v) is 7.86. The predicted octanol–water partition coefficient (Wildman–Crippen LogP) is 1.78. The van der Waals surface area contributed by atoms with Gasteiger partial charge in [-0.3, -0.25) is 4.79 Å². The second-order valence-corrected chi connectivity index (χ2v) is 15.0. The molecule has 0 unspecified atom stereocenters. The Kier molecular flexibility index (Phi) is 11.8. The van der Waals surface area contributed by atoms with Gasteiger partial charge in [0.15, 0.2) is 17.8 Å². The lowest BCUT2D eigenvalue weighted by Crippen LogP contribution is -2.52. The van der Waals surface area contributed by atoms with Gasteiger partial charge in [-0.25, -0.2) is 13.2 Å². The number of nitrogens with one attached hydrogen (secondary N) is 2. The summed E-state index contributed by atoms with van der Waals surface area (Å²) in [5.74, 6) is 0.164. The van der Waals surface area contributed by atoms with Crippen molar-refractivity contribution in [3.05, 3.63) is 54.1 Å². The van der Waals surface area contributed by atoms with Crippen LogP contribution in [-0.4, -0.2) is 106 Å². The molecule has 15 heteroatoms. The average molecular weight is 692 g/mol. The molecule has 2 saturated heterocycles. The van der Waals surface area contributed by atoms with Gasteiger partial charge in [-0.2, -0.15) is 4.31 Å². The van der Waals surface area contributed by atoms with Crippen LogP contribution in [0.3, 0.4) is 0 Å². The SMILES string of the molecule is CC(C)(CCCNC(=O)CO)CN(C[C@H](O)[C@H](Cc1ccccc1)NC(=O)O[C@H]1CO[C@H]2OCC[C@H]21)S(=O)(=O)c1ccc2c(c1)OCO2. The van der Waals surface area contributed by atoms with Crippen molar-refractivity contribution in [3.8, 4) is 11.5 Å². The molecule has 0 spiro atoms. The van der Waals surface area contributed by atoms with Crippen LogP contribution < -0.4 is 20.1 Å². The van der Waals surface area contributed by atoms with Crippen LogP contribution in [0.15, 0.2) is 53.4 Å². The molecule has 3 aliphatic heterocycles. The molecule has 14 nitrogen and oxygen atoms in total. The van der Waals surface area contributed by atoms with E-state index in [1.165, 1.54) is 22.5 Å². The first kappa shape index (κ1) is 35.8. The lowest BCUT2D eigenvalue weighted by atomic mass is 9.87. The fourth-order valence-electron chi connectivity index (χ4n) is 6.20. The normalized spacial score (nSPS) is 21.5. The maximum Gasteiger partial charge on any atom is 0.407 e. The number of alkyl carbamates (subject to hydrolysis) is 1. The maximum atomic E-state index is 14.2. The van der Waals surface area contributed by atoms with Gasteiger partial charge in [0, 0.05) is 25.7 Å². The Balaban J connectivity index is 1.35. The number of rotatable bonds is 16. The highest BCUT2D eigenvalue weighted by molar-refractivity contribution is 7.89. The molecule has 0 saturated carbocycles. The Labute approximate surface area is 280 Å². The highest BCUT2D eigenvalue weighted by Gasteiger charge is 2.44. The Morgan fingerprint density at radius 3 is 2.65 bits per heavy atom. The number of nitrogens with zero attached hydrogens (tertiary/aromatic N) is 1. The Bertz CT molecular complexity index is 1510. The standard InChI is InChI=1S/C33H45N3O11S/c1-33(2,12-6-13-34-30(39)18-37)20-36(48(41,42)23-9-10-27-28(16-23)46-21-45-27)17-26(38)25(15-22-7-4-3-5-8-22)35-32(40)47-29-19-44-31-24(29)11-14-43-31/h3-5,7-10,16,24-26,29,31,37-38H,6,11-15,17-21H2,1-2H3,(H,34,39)(H,35,40)/t24-,25-,26-,29-,31+/m0/s1. The summed E-state index contributed by atoms with van der Waals surface area (Å²) >= 11 is 0. The molecule has 0 radical (unpaired) electrons. The Morgan fingerprint density at radius 2 is 1.88 bits per heavy atom. The smallest absolute Gasteiger partial charge is 0.407 e. The van der Waals surface area contributed by atoms with Crippen LogP contribution in [0.4, 0.5) is 4.79 Å². The summed E-state index contributed by atoms with van der Waals surface area (Å²) in [7, 11) is -4.20. The third kappa shape index (κ3) is 9.15. The average Bonchev–Trinajstić information content (AvgIpc) is 3.81. The molecular weight excluding hydrogens is 646 g/mol. The van der Waals surface area contributed by atoms with Crippen LogP contribution in [0.5, 0.6) is 11.5 Å². The number of aliphatic hydroxyl groups is 2. The molecule has 0 aliphatic carbocycles. The van der Waals surface area contributed by atoms with Crippen molar-refractivity contribution >= 4 is 22.0 Å². The number of carbonyl (C=O) groups is 2. The van der Waals surface area contributed by atoms with Gasteiger partial charge in [-0.1, -0.05) is 44.2 Å². The van der Waals surface area contributed by atoms with Crippen molar-refractivity contribution in [1.82, 2.24) is 14.9 Å². The van der Waals surface area contributed by atoms with Gasteiger partial charge in [-0.05, 0) is 48.8 Å². The number of sulfonamides is 1. The fraction of sp³-hybridized carbons (Fsp3) is 0.576. The summed E-state index contributed by atoms with van der Waals surface area (Å²) in [6.07, 6.45) is -1.03. The summed E-state index contributed by atoms with van der Waals surface area (Å²) in [6, 6.07) is 12.7. The number of hydrogen-bond donors (Lipinski definition) is 4. The number of ether oxygens (including phenoxy) is 5. The molecular formula is C33H45N3O11S. The molecule has 0 bridgehead atoms. The number of aliphatic hydroxyl groups excluding tert-OH is 2. The predicted molar refractivity (Wildman–Crippen MR) is 172 cm³/mol. The first-order chi connectivity index (χ1) is 22.9. The summed E-state index contributed by atoms with van der Waals surface area (Å²) in [6.45, 7) is 3.87. The highest BCUT2D eigenvalue weighted by atomic mass is 32.2. The summed E-state index contributed by atoms with van der Waals surface area (Å²) < 4.78 is 57.3. The van der Waals surface area contributed by atoms with Crippen molar-refractivity contribution in [3.63, 3.8) is 0 Å². The lowest BCUT2D eigenvalue weighted by molar-refractivity contribution is -0.123. The Morgan fingerprint density at radius 1 is 1.10 bits per heavy atom. The topological polar surface area (TPSA) is 182 Å². The molecule has 2 fully saturated rings. The second-order valence-electron chi connectivity index (χ2n) is 13.1. The van der Waals surface area contributed by atoms with Crippen LogP contribution in [0, 0.1) is 11.3 Å². The molecule has 0 aromatic heterocycles. The van der Waals surface area contributed by atoms with Crippen molar-refractivity contribution in [2.24, 2.45) is 11.3 Å². The zero-order valence-corrected chi connectivity index (χ0v) is 28.0. The molecule has 2 aromatic rings. The number of hydrogen-bond acceptors (Lipinski definition) is 11. The van der Waals surface area contributed by atoms with E-state index in [1.54, 1.807) is 0 Å². The van der Waals surface area contributed by atoms with Crippen molar-refractivity contribution in [2.45, 2.75) is 69.0 Å². The summed E-state index contributed by atoms with van der Waals surface area (Å²) in [5.41, 5.74) is 0.224. The van der Waals surface area contributed by atoms with Crippen LogP contribution in [0.2, 0.25) is 0 Å². The molecule has 2 aromatic carbocycles. The van der Waals surface area contributed by atoms with Gasteiger partial charge in [0.1, 0.15) is 12.7 Å². The minimum atomic E-state index is -4.20. The molecule has 2 amide bonds. The molecule has 48 heavy (non-hydrogen) atoms. The number of carbonyl (C=O) groups excluding carboxylic acids is 2. The van der Waals surface area contributed by atoms with Crippen molar-refractivity contribution < 1.29 is 51.9 Å². The Hall–Kier alpha value is -3.47. The van der Waals surface area contributed by atoms with Crippen LogP contribution in [0.1, 0.15) is 38.7 Å². The lowest BCUT2D eigenvalue weighted by Gasteiger charge is -2.35. The van der Waals surface area contributed by atoms with Crippen LogP contribution in [0.25, 0.3) is 0 Å². The van der Waals surface area contributed by atoms with Crippen molar-refractivity contribution in [1.29, 1.82) is 0 Å². The third-order valence-corrected chi connectivity index (χ3v) is 10.6. The minimum absolute atomic E-state index is 0.0137. The van der Waals surface area contributed by atoms with E-state index in [1.807, 2.05) is 44.2 Å². The van der Waals surface area contributed by atoms with E-state index >= 15 is 0 Å². The third-order valence-electron chi connectivity index (χ3n) is 8.78. The molecule has 4 N–H and O–H groups in total. The largest absolute Gasteiger partial charge is 0.454 e. The summed E-state index contributed by atoms with van der Waals surface area (Å²) in [4.78, 5) is 24.6. The van der Waals surface area contributed by atoms with E-state index in [4.69, 9.17) is 28.8 Å². The first-order valence-corrected chi connectivity index (χ1v) is 17.6. The van der Waals surface area contributed by atoms with E-state index in [0.29, 0.717) is 43.9 Å². The van der Waals surface area contributed by atoms with E-state index in [-0.39, 0.29) is 43.7 Å². The second kappa shape index (κ2) is 15.8. The molecule has 3 aliphatic rings. The monoisotopic (exact) mass is 691 g/mol. The number of benzene rings is 2. The zero-order chi connectivity index (χ0) is 34.3. The van der Waals surface area contributed by atoms with Gasteiger partial charge in [0.05, 0.1) is 36.2 Å². The van der Waals surface area contributed by atoms with Gasteiger partial charge < -0.3 is 44.5 Å². The molecule has 3 heterocycles. The van der Waals surface area contributed by atoms with Crippen LogP contribution >= 0.6 is 0 Å². The molecule has 5 rings (SSSR count). The van der Waals surface area contributed by atoms with E-state index in [9.17, 15) is 23.1 Å². The van der Waals surface area contributed by atoms with E-state index < -0.39 is 58.6 Å². The van der Waals surface area contributed by atoms with Gasteiger partial charge in [0.25, 0.3) is 0 Å². The summed E-state index contributed by atoms with van der Waals surface area (Å²) in [5, 5.41) is 26.1. The number of fused-ring (bicyclic) bond motifs is 2. The minimum Gasteiger partial charge on any atom is -0.454 e. The van der Waals surface area contributed by atoms with Crippen LogP contribution in [-0.2, 0) is 35.4 Å². The molecule has 5 atom stereocenters. The first-order valence-electron chi connectivity index (χ1n) is 16.1. The van der Waals surface area contributed by atoms with E-state index in [0.717, 1.165) is 5.56 Å². The van der Waals surface area contributed by atoms with Crippen molar-refractivity contribution in [2.75, 3.05) is 46.2 Å². The number of amides is 2. The zero-order valence-electron chi connectivity index (χ0n) is 27.2. The van der Waals surface area contributed by atoms with Gasteiger partial charge in [-0.15, -0.1) is 0 Å². The van der Waals surface area contributed by atoms with E-state index in [2.05, 4.69) is 10.6 Å². The highest BCUT2D eigenvalue weighted by Crippen LogP contribution is 2.36. The van der Waals surface area contributed by atoms with Gasteiger partial charge >= 0.3 is 6.09 Å². The molecule has 264 valence electrons. The quantitative estimate of drug-likeness (QED) is 0.188. The maximum absolute atomic E-state index is 14.2. The van der Waals surface area contributed by atoms with Gasteiger partial charge in [0.2, 0.25) is 22.7 Å².